The van der Waals surface area contributed by atoms with E-state index in [1.807, 2.05) is 12.1 Å². The van der Waals surface area contributed by atoms with Crippen LogP contribution in [0.25, 0.3) is 0 Å². The Labute approximate surface area is 117 Å². The lowest BCUT2D eigenvalue weighted by atomic mass is 10.0. The third kappa shape index (κ3) is 2.62. The number of carbonyl (C=O) groups excluding carboxylic acids is 1. The zero-order valence-electron chi connectivity index (χ0n) is 11.2. The van der Waals surface area contributed by atoms with Crippen molar-refractivity contribution in [3.63, 3.8) is 0 Å². The molecule has 108 valence electrons. The fraction of sp³-hybridized carbons (Fsp3) is 0.571. The second-order valence-corrected chi connectivity index (χ2v) is 5.28. The molecule has 2 aliphatic rings. The van der Waals surface area contributed by atoms with Gasteiger partial charge in [0.15, 0.2) is 5.60 Å². The third-order valence-corrected chi connectivity index (χ3v) is 3.76. The van der Waals surface area contributed by atoms with Gasteiger partial charge in [0, 0.05) is 31.6 Å². The van der Waals surface area contributed by atoms with Gasteiger partial charge in [0.2, 0.25) is 5.88 Å². The Kier molecular flexibility index (Phi) is 3.58. The summed E-state index contributed by atoms with van der Waals surface area (Å²) in [7, 11) is 0. The third-order valence-electron chi connectivity index (χ3n) is 3.76. The van der Waals surface area contributed by atoms with E-state index in [9.17, 15) is 9.90 Å². The SMILES string of the molecule is O=C(N1CCC(Oc2ccccn2)C1)C1(O)CCOC1. The van der Waals surface area contributed by atoms with Crippen LogP contribution >= 0.6 is 0 Å². The first kappa shape index (κ1) is 13.3. The van der Waals surface area contributed by atoms with Crippen molar-refractivity contribution in [2.24, 2.45) is 0 Å². The van der Waals surface area contributed by atoms with Crippen molar-refractivity contribution in [1.82, 2.24) is 9.88 Å². The highest BCUT2D eigenvalue weighted by Gasteiger charge is 2.44. The quantitative estimate of drug-likeness (QED) is 0.856. The molecule has 2 fully saturated rings. The molecule has 0 bridgehead atoms. The number of aromatic nitrogens is 1. The average Bonchev–Trinajstić information content (AvgIpc) is 3.09. The Morgan fingerprint density at radius 2 is 2.45 bits per heavy atom. The summed E-state index contributed by atoms with van der Waals surface area (Å²) < 4.78 is 10.9. The highest BCUT2D eigenvalue weighted by Crippen LogP contribution is 2.24. The molecule has 0 aromatic carbocycles. The number of nitrogens with zero attached hydrogens (tertiary/aromatic N) is 2. The van der Waals surface area contributed by atoms with Crippen LogP contribution in [0.4, 0.5) is 0 Å². The predicted molar refractivity (Wildman–Crippen MR) is 70.2 cm³/mol. The fourth-order valence-corrected chi connectivity index (χ4v) is 2.61. The number of aliphatic hydroxyl groups is 1. The van der Waals surface area contributed by atoms with E-state index in [2.05, 4.69) is 4.98 Å². The summed E-state index contributed by atoms with van der Waals surface area (Å²) in [4.78, 5) is 18.1. The van der Waals surface area contributed by atoms with Gasteiger partial charge in [-0.05, 0) is 6.07 Å². The molecule has 0 spiro atoms. The number of pyridine rings is 1. The first-order valence-corrected chi connectivity index (χ1v) is 6.85. The normalized spacial score (nSPS) is 29.6. The summed E-state index contributed by atoms with van der Waals surface area (Å²) in [5.74, 6) is 0.317. The largest absolute Gasteiger partial charge is 0.472 e. The molecule has 3 rings (SSSR count). The molecule has 0 aliphatic carbocycles. The number of hydrogen-bond acceptors (Lipinski definition) is 5. The summed E-state index contributed by atoms with van der Waals surface area (Å²) in [5, 5.41) is 10.2. The van der Waals surface area contributed by atoms with Crippen molar-refractivity contribution in [3.05, 3.63) is 24.4 Å². The number of rotatable bonds is 3. The summed E-state index contributed by atoms with van der Waals surface area (Å²) in [6.07, 6.45) is 2.72. The van der Waals surface area contributed by atoms with Crippen LogP contribution in [0, 0.1) is 0 Å². The van der Waals surface area contributed by atoms with Crippen LogP contribution in [-0.2, 0) is 9.53 Å². The Morgan fingerprint density at radius 3 is 3.15 bits per heavy atom. The molecule has 1 amide bonds. The lowest BCUT2D eigenvalue weighted by Gasteiger charge is -2.26. The van der Waals surface area contributed by atoms with E-state index >= 15 is 0 Å². The zero-order chi connectivity index (χ0) is 14.0. The molecule has 1 N–H and O–H groups in total. The van der Waals surface area contributed by atoms with Crippen LogP contribution < -0.4 is 4.74 Å². The van der Waals surface area contributed by atoms with Gasteiger partial charge in [0.25, 0.3) is 5.91 Å². The summed E-state index contributed by atoms with van der Waals surface area (Å²) in [6, 6.07) is 5.48. The maximum Gasteiger partial charge on any atom is 0.257 e. The van der Waals surface area contributed by atoms with Gasteiger partial charge in [-0.15, -0.1) is 0 Å². The predicted octanol–water partition coefficient (Wildman–Crippen LogP) is 0.213. The van der Waals surface area contributed by atoms with Crippen LogP contribution in [-0.4, -0.2) is 58.9 Å². The molecule has 2 atom stereocenters. The van der Waals surface area contributed by atoms with E-state index < -0.39 is 5.60 Å². The topological polar surface area (TPSA) is 71.9 Å². The Balaban J connectivity index is 1.58. The highest BCUT2D eigenvalue weighted by molar-refractivity contribution is 5.85. The minimum absolute atomic E-state index is 0.0697. The van der Waals surface area contributed by atoms with Gasteiger partial charge in [-0.1, -0.05) is 6.07 Å². The maximum atomic E-state index is 12.3. The van der Waals surface area contributed by atoms with Crippen LogP contribution in [0.1, 0.15) is 12.8 Å². The van der Waals surface area contributed by atoms with Gasteiger partial charge in [-0.25, -0.2) is 4.98 Å². The molecule has 0 saturated carbocycles. The minimum Gasteiger partial charge on any atom is -0.472 e. The van der Waals surface area contributed by atoms with Gasteiger partial charge in [-0.2, -0.15) is 0 Å². The molecule has 3 heterocycles. The van der Waals surface area contributed by atoms with Crippen molar-refractivity contribution in [2.75, 3.05) is 26.3 Å². The number of amides is 1. The molecule has 20 heavy (non-hydrogen) atoms. The molecule has 1 aromatic rings. The Bertz CT molecular complexity index is 473. The number of ether oxygens (including phenoxy) is 2. The smallest absolute Gasteiger partial charge is 0.257 e. The summed E-state index contributed by atoms with van der Waals surface area (Å²) >= 11 is 0. The van der Waals surface area contributed by atoms with E-state index in [0.29, 0.717) is 32.0 Å². The highest BCUT2D eigenvalue weighted by atomic mass is 16.5. The molecule has 0 radical (unpaired) electrons. The van der Waals surface area contributed by atoms with E-state index in [1.165, 1.54) is 0 Å². The van der Waals surface area contributed by atoms with Crippen molar-refractivity contribution in [3.8, 4) is 5.88 Å². The minimum atomic E-state index is -1.35. The van der Waals surface area contributed by atoms with Gasteiger partial charge < -0.3 is 19.5 Å². The second-order valence-electron chi connectivity index (χ2n) is 5.28. The van der Waals surface area contributed by atoms with Crippen LogP contribution in [0.3, 0.4) is 0 Å². The average molecular weight is 278 g/mol. The van der Waals surface area contributed by atoms with Crippen molar-refractivity contribution in [1.29, 1.82) is 0 Å². The van der Waals surface area contributed by atoms with Crippen LogP contribution in [0.5, 0.6) is 5.88 Å². The van der Waals surface area contributed by atoms with Gasteiger partial charge in [0.1, 0.15) is 6.10 Å². The molecular weight excluding hydrogens is 260 g/mol. The van der Waals surface area contributed by atoms with Gasteiger partial charge in [-0.3, -0.25) is 4.79 Å². The molecule has 1 aromatic heterocycles. The van der Waals surface area contributed by atoms with Crippen molar-refractivity contribution < 1.29 is 19.4 Å². The van der Waals surface area contributed by atoms with Gasteiger partial charge >= 0.3 is 0 Å². The molecule has 2 aliphatic heterocycles. The van der Waals surface area contributed by atoms with E-state index in [4.69, 9.17) is 9.47 Å². The number of hydrogen-bond donors (Lipinski definition) is 1. The molecule has 2 unspecified atom stereocenters. The standard InChI is InChI=1S/C14H18N2O4/c17-13(14(18)5-8-19-10-14)16-7-4-11(9-16)20-12-3-1-2-6-15-12/h1-3,6,11,18H,4-5,7-10H2. The summed E-state index contributed by atoms with van der Waals surface area (Å²) in [5.41, 5.74) is -1.35. The van der Waals surface area contributed by atoms with E-state index in [-0.39, 0.29) is 18.6 Å². The van der Waals surface area contributed by atoms with Gasteiger partial charge in [0.05, 0.1) is 19.8 Å². The lowest BCUT2D eigenvalue weighted by molar-refractivity contribution is -0.150. The maximum absolute atomic E-state index is 12.3. The van der Waals surface area contributed by atoms with Crippen LogP contribution in [0.15, 0.2) is 24.4 Å². The Morgan fingerprint density at radius 1 is 1.55 bits per heavy atom. The van der Waals surface area contributed by atoms with E-state index in [0.717, 1.165) is 6.42 Å². The Hall–Kier alpha value is -1.66. The molecular formula is C14H18N2O4. The van der Waals surface area contributed by atoms with Crippen molar-refractivity contribution in [2.45, 2.75) is 24.5 Å². The molecule has 6 nitrogen and oxygen atoms in total. The fourth-order valence-electron chi connectivity index (χ4n) is 2.61. The van der Waals surface area contributed by atoms with Crippen LogP contribution in [0.2, 0.25) is 0 Å². The van der Waals surface area contributed by atoms with E-state index in [1.54, 1.807) is 17.2 Å². The monoisotopic (exact) mass is 278 g/mol. The summed E-state index contributed by atoms with van der Waals surface area (Å²) in [6.45, 7) is 1.61. The van der Waals surface area contributed by atoms with Crippen molar-refractivity contribution >= 4 is 5.91 Å². The zero-order valence-corrected chi connectivity index (χ0v) is 11.2. The molecule has 6 heteroatoms. The first-order valence-electron chi connectivity index (χ1n) is 6.85. The second kappa shape index (κ2) is 5.38. The first-order chi connectivity index (χ1) is 9.67. The molecule has 2 saturated heterocycles. The number of carbonyl (C=O) groups is 1. The number of likely N-dealkylation sites (tertiary alicyclic amines) is 1. The lowest BCUT2D eigenvalue weighted by Crippen LogP contribution is -2.49.